The van der Waals surface area contributed by atoms with Gasteiger partial charge in [-0.25, -0.2) is 14.4 Å². The third kappa shape index (κ3) is 3.52. The molecule has 5 nitrogen and oxygen atoms in total. The maximum atomic E-state index is 15.2. The molecular weight excluding hydrogens is 414 g/mol. The van der Waals surface area contributed by atoms with Crippen molar-refractivity contribution in [3.63, 3.8) is 0 Å². The molecule has 162 valence electrons. The standard InChI is InChI=1S/C19H18F6N4O/c1-16(2)19(24,25)17(3,30-15(26)29-16)11-9-10(7-8-12(11)20)27-14-6-4-5-13(28-14)18(21,22)23/h4-9H,1-3H3,(H2,26,29)(H,27,28)/t17-/m1/s1. The van der Waals surface area contributed by atoms with Crippen molar-refractivity contribution in [2.75, 3.05) is 5.32 Å². The summed E-state index contributed by atoms with van der Waals surface area (Å²) in [6, 6.07) is 5.70. The third-order valence-electron chi connectivity index (χ3n) is 4.86. The van der Waals surface area contributed by atoms with Gasteiger partial charge >= 0.3 is 12.1 Å². The Kier molecular flexibility index (Phi) is 4.91. The van der Waals surface area contributed by atoms with Gasteiger partial charge in [0, 0.05) is 11.3 Å². The van der Waals surface area contributed by atoms with Gasteiger partial charge in [0.15, 0.2) is 0 Å². The summed E-state index contributed by atoms with van der Waals surface area (Å²) in [5.74, 6) is -4.90. The number of rotatable bonds is 3. The highest BCUT2D eigenvalue weighted by Crippen LogP contribution is 2.51. The van der Waals surface area contributed by atoms with Gasteiger partial charge in [0.25, 0.3) is 6.02 Å². The van der Waals surface area contributed by atoms with Crippen LogP contribution in [0.4, 0.5) is 37.8 Å². The van der Waals surface area contributed by atoms with Crippen LogP contribution in [0.2, 0.25) is 0 Å². The number of aliphatic imine (C=N–C) groups is 1. The molecule has 2 aromatic rings. The van der Waals surface area contributed by atoms with Crippen molar-refractivity contribution in [3.8, 4) is 0 Å². The quantitative estimate of drug-likeness (QED) is 0.673. The summed E-state index contributed by atoms with van der Waals surface area (Å²) in [7, 11) is 0. The Morgan fingerprint density at radius 1 is 1.07 bits per heavy atom. The van der Waals surface area contributed by atoms with Crippen molar-refractivity contribution >= 4 is 17.5 Å². The zero-order valence-electron chi connectivity index (χ0n) is 16.1. The average Bonchev–Trinajstić information content (AvgIpc) is 2.61. The van der Waals surface area contributed by atoms with E-state index < -0.39 is 46.3 Å². The zero-order valence-corrected chi connectivity index (χ0v) is 16.1. The minimum absolute atomic E-state index is 0.0257. The monoisotopic (exact) mass is 432 g/mol. The van der Waals surface area contributed by atoms with Crippen LogP contribution in [-0.2, 0) is 16.5 Å². The Morgan fingerprint density at radius 3 is 2.37 bits per heavy atom. The predicted octanol–water partition coefficient (Wildman–Crippen LogP) is 4.96. The van der Waals surface area contributed by atoms with Crippen LogP contribution in [0, 0.1) is 5.82 Å². The van der Waals surface area contributed by atoms with Crippen LogP contribution in [0.1, 0.15) is 32.0 Å². The van der Waals surface area contributed by atoms with Crippen molar-refractivity contribution in [2.45, 2.75) is 44.0 Å². The second-order valence-corrected chi connectivity index (χ2v) is 7.44. The van der Waals surface area contributed by atoms with E-state index in [-0.39, 0.29) is 11.5 Å². The maximum absolute atomic E-state index is 15.2. The number of benzene rings is 1. The van der Waals surface area contributed by atoms with E-state index in [1.54, 1.807) is 0 Å². The third-order valence-corrected chi connectivity index (χ3v) is 4.86. The molecular formula is C19H18F6N4O. The highest BCUT2D eigenvalue weighted by Gasteiger charge is 2.66. The van der Waals surface area contributed by atoms with Crippen LogP contribution in [0.3, 0.4) is 0 Å². The van der Waals surface area contributed by atoms with Crippen molar-refractivity contribution in [2.24, 2.45) is 10.7 Å². The summed E-state index contributed by atoms with van der Waals surface area (Å²) in [6.07, 6.45) is -4.67. The number of ether oxygens (including phenoxy) is 1. The molecule has 1 aliphatic heterocycles. The van der Waals surface area contributed by atoms with Gasteiger partial charge in [0.2, 0.25) is 5.60 Å². The largest absolute Gasteiger partial charge is 0.448 e. The highest BCUT2D eigenvalue weighted by atomic mass is 19.4. The van der Waals surface area contributed by atoms with Crippen LogP contribution in [-0.4, -0.2) is 22.5 Å². The lowest BCUT2D eigenvalue weighted by atomic mass is 9.78. The van der Waals surface area contributed by atoms with Crippen molar-refractivity contribution in [1.82, 2.24) is 4.98 Å². The van der Waals surface area contributed by atoms with Gasteiger partial charge in [-0.05, 0) is 51.1 Å². The molecule has 0 saturated heterocycles. The molecule has 0 unspecified atom stereocenters. The number of halogens is 6. The molecule has 1 aromatic heterocycles. The first-order valence-corrected chi connectivity index (χ1v) is 8.71. The second kappa shape index (κ2) is 6.78. The molecule has 3 N–H and O–H groups in total. The van der Waals surface area contributed by atoms with Crippen molar-refractivity contribution in [1.29, 1.82) is 0 Å². The maximum Gasteiger partial charge on any atom is 0.433 e. The summed E-state index contributed by atoms with van der Waals surface area (Å²) in [5.41, 5.74) is -0.631. The fourth-order valence-corrected chi connectivity index (χ4v) is 3.23. The summed E-state index contributed by atoms with van der Waals surface area (Å²) in [5, 5.41) is 2.56. The number of nitrogens with one attached hydrogen (secondary N) is 1. The first kappa shape index (κ1) is 21.7. The Bertz CT molecular complexity index is 1000. The highest BCUT2D eigenvalue weighted by molar-refractivity contribution is 5.74. The number of nitrogens with zero attached hydrogens (tertiary/aromatic N) is 2. The number of hydrogen-bond donors (Lipinski definition) is 2. The van der Waals surface area contributed by atoms with Gasteiger partial charge < -0.3 is 15.8 Å². The van der Waals surface area contributed by atoms with E-state index in [0.29, 0.717) is 0 Å². The molecule has 1 atom stereocenters. The van der Waals surface area contributed by atoms with Gasteiger partial charge in [0.05, 0.1) is 0 Å². The SMILES string of the molecule is CC1(C)N=C(N)O[C@](C)(c2cc(Nc3cccc(C(F)(F)F)n3)ccc2F)C1(F)F. The number of hydrogen-bond acceptors (Lipinski definition) is 5. The molecule has 0 amide bonds. The fraction of sp³-hybridized carbons (Fsp3) is 0.368. The minimum atomic E-state index is -4.67. The number of alkyl halides is 5. The Balaban J connectivity index is 2.04. The zero-order chi connectivity index (χ0) is 22.5. The molecule has 1 aliphatic rings. The number of aromatic nitrogens is 1. The smallest absolute Gasteiger partial charge is 0.433 e. The summed E-state index contributed by atoms with van der Waals surface area (Å²) in [6.45, 7) is 3.24. The predicted molar refractivity (Wildman–Crippen MR) is 98.0 cm³/mol. The van der Waals surface area contributed by atoms with Crippen LogP contribution in [0.15, 0.2) is 41.4 Å². The minimum Gasteiger partial charge on any atom is -0.448 e. The van der Waals surface area contributed by atoms with E-state index in [0.717, 1.165) is 45.0 Å². The van der Waals surface area contributed by atoms with E-state index in [1.165, 1.54) is 12.1 Å². The van der Waals surface area contributed by atoms with Gasteiger partial charge in [-0.2, -0.15) is 22.0 Å². The molecule has 0 fully saturated rings. The van der Waals surface area contributed by atoms with E-state index in [1.807, 2.05) is 0 Å². The van der Waals surface area contributed by atoms with E-state index in [4.69, 9.17) is 10.5 Å². The van der Waals surface area contributed by atoms with Gasteiger partial charge in [-0.15, -0.1) is 0 Å². The first-order chi connectivity index (χ1) is 13.7. The first-order valence-electron chi connectivity index (χ1n) is 8.71. The number of pyridine rings is 1. The normalized spacial score (nSPS) is 22.8. The lowest BCUT2D eigenvalue weighted by molar-refractivity contribution is -0.215. The van der Waals surface area contributed by atoms with Crippen molar-refractivity contribution < 1.29 is 31.1 Å². The summed E-state index contributed by atoms with van der Waals surface area (Å²) < 4.78 is 88.6. The summed E-state index contributed by atoms with van der Waals surface area (Å²) >= 11 is 0. The van der Waals surface area contributed by atoms with Gasteiger partial charge in [-0.1, -0.05) is 6.07 Å². The molecule has 30 heavy (non-hydrogen) atoms. The van der Waals surface area contributed by atoms with Gasteiger partial charge in [-0.3, -0.25) is 0 Å². The van der Waals surface area contributed by atoms with E-state index >= 15 is 8.78 Å². The van der Waals surface area contributed by atoms with Crippen LogP contribution >= 0.6 is 0 Å². The molecule has 1 aromatic carbocycles. The molecule has 0 aliphatic carbocycles. The molecule has 3 rings (SSSR count). The number of anilines is 2. The molecule has 0 spiro atoms. The van der Waals surface area contributed by atoms with Crippen LogP contribution in [0.25, 0.3) is 0 Å². The van der Waals surface area contributed by atoms with Crippen molar-refractivity contribution in [3.05, 3.63) is 53.5 Å². The van der Waals surface area contributed by atoms with E-state index in [2.05, 4.69) is 15.3 Å². The average molecular weight is 432 g/mol. The molecule has 11 heteroatoms. The Morgan fingerprint density at radius 2 is 1.73 bits per heavy atom. The number of nitrogens with two attached hydrogens (primary N) is 1. The topological polar surface area (TPSA) is 72.5 Å². The number of amidine groups is 1. The molecule has 0 bridgehead atoms. The van der Waals surface area contributed by atoms with Gasteiger partial charge in [0.1, 0.15) is 22.9 Å². The fourth-order valence-electron chi connectivity index (χ4n) is 3.23. The second-order valence-electron chi connectivity index (χ2n) is 7.44. The Labute approximate surface area is 168 Å². The summed E-state index contributed by atoms with van der Waals surface area (Å²) in [4.78, 5) is 7.05. The van der Waals surface area contributed by atoms with Crippen LogP contribution < -0.4 is 11.1 Å². The molecule has 2 heterocycles. The Hall–Kier alpha value is -2.98. The lowest BCUT2D eigenvalue weighted by Gasteiger charge is -2.47. The lowest BCUT2D eigenvalue weighted by Crippen LogP contribution is -2.62. The van der Waals surface area contributed by atoms with E-state index in [9.17, 15) is 17.6 Å². The molecule has 0 radical (unpaired) electrons. The molecule has 0 saturated carbocycles. The van der Waals surface area contributed by atoms with Crippen LogP contribution in [0.5, 0.6) is 0 Å².